The van der Waals surface area contributed by atoms with Gasteiger partial charge in [-0.2, -0.15) is 0 Å². The van der Waals surface area contributed by atoms with Crippen molar-refractivity contribution < 1.29 is 19.1 Å². The number of carbonyl (C=O) groups is 2. The number of hydrogen-bond donors (Lipinski definition) is 0. The first kappa shape index (κ1) is 22.9. The average Bonchev–Trinajstić information content (AvgIpc) is 2.61. The molecule has 0 spiro atoms. The zero-order valence-corrected chi connectivity index (χ0v) is 18.1. The Bertz CT molecular complexity index is 643. The molecular weight excluding hydrogens is 356 g/mol. The van der Waals surface area contributed by atoms with Gasteiger partial charge in [-0.25, -0.2) is 9.59 Å². The Morgan fingerprint density at radius 3 is 1.70 bits per heavy atom. The molecule has 1 rings (SSSR count). The van der Waals surface area contributed by atoms with Crippen molar-refractivity contribution in [3.8, 4) is 0 Å². The molecule has 0 aliphatic carbocycles. The summed E-state index contributed by atoms with van der Waals surface area (Å²) in [4.78, 5) is 22.5. The van der Waals surface area contributed by atoms with Gasteiger partial charge in [-0.15, -0.1) is 0 Å². The predicted molar refractivity (Wildman–Crippen MR) is 113 cm³/mol. The van der Waals surface area contributed by atoms with Crippen LogP contribution in [0.1, 0.15) is 29.5 Å². The molecule has 1 aromatic rings. The van der Waals surface area contributed by atoms with Crippen LogP contribution in [0, 0.1) is 20.8 Å². The maximum absolute atomic E-state index is 11.3. The summed E-state index contributed by atoms with van der Waals surface area (Å²) in [5, 5.41) is 1.47. The van der Waals surface area contributed by atoms with Gasteiger partial charge in [-0.05, 0) is 33.6 Å². The second-order valence-corrected chi connectivity index (χ2v) is 11.9. The van der Waals surface area contributed by atoms with Gasteiger partial charge in [0.25, 0.3) is 0 Å². The largest absolute Gasteiger partial charge is 0.463 e. The highest BCUT2D eigenvalue weighted by Crippen LogP contribution is 2.24. The van der Waals surface area contributed by atoms with Gasteiger partial charge in [0.1, 0.15) is 0 Å². The van der Waals surface area contributed by atoms with Crippen LogP contribution < -0.4 is 5.19 Å². The molecule has 0 amide bonds. The molecule has 0 aliphatic rings. The second-order valence-electron chi connectivity index (χ2n) is 7.28. The van der Waals surface area contributed by atoms with E-state index in [2.05, 4.69) is 52.6 Å². The minimum Gasteiger partial charge on any atom is -0.463 e. The fraction of sp³-hybridized carbons (Fsp3) is 0.455. The van der Waals surface area contributed by atoms with Gasteiger partial charge in [-0.3, -0.25) is 0 Å². The first-order valence-electron chi connectivity index (χ1n) is 9.40. The van der Waals surface area contributed by atoms with Gasteiger partial charge in [-0.1, -0.05) is 65.8 Å². The monoisotopic (exact) mass is 388 g/mol. The molecule has 0 atom stereocenters. The lowest BCUT2D eigenvalue weighted by atomic mass is 10.1. The summed E-state index contributed by atoms with van der Waals surface area (Å²) in [6.45, 7) is 16.5. The van der Waals surface area contributed by atoms with E-state index in [-0.39, 0.29) is 11.9 Å². The van der Waals surface area contributed by atoms with Crippen LogP contribution in [0.2, 0.25) is 18.6 Å². The van der Waals surface area contributed by atoms with E-state index in [1.807, 2.05) is 0 Å². The Hall–Kier alpha value is -2.14. The van der Waals surface area contributed by atoms with E-state index in [9.17, 15) is 9.59 Å². The molecule has 0 unspecified atom stereocenters. The molecule has 27 heavy (non-hydrogen) atoms. The summed E-state index contributed by atoms with van der Waals surface area (Å²) < 4.78 is 10.3. The molecular formula is C22H32O4Si. The topological polar surface area (TPSA) is 52.6 Å². The Labute approximate surface area is 164 Å². The predicted octanol–water partition coefficient (Wildman–Crippen LogP) is 4.14. The highest BCUT2D eigenvalue weighted by atomic mass is 28.3. The van der Waals surface area contributed by atoms with E-state index in [1.165, 1.54) is 34.0 Å². The third-order valence-corrected chi connectivity index (χ3v) is 9.76. The van der Waals surface area contributed by atoms with Crippen LogP contribution >= 0.6 is 0 Å². The first-order chi connectivity index (χ1) is 12.7. The van der Waals surface area contributed by atoms with Crippen LogP contribution in [0.25, 0.3) is 0 Å². The molecule has 1 aromatic carbocycles. The van der Waals surface area contributed by atoms with Crippen molar-refractivity contribution in [3.63, 3.8) is 0 Å². The number of ether oxygens (including phenoxy) is 2. The first-order valence-corrected chi connectivity index (χ1v) is 12.3. The number of carbonyl (C=O) groups excluding carboxylic acids is 2. The molecule has 148 valence electrons. The second kappa shape index (κ2) is 10.9. The molecule has 0 saturated heterocycles. The molecule has 4 nitrogen and oxygen atoms in total. The standard InChI is InChI=1S/C22H32O4Si/c1-7-20(23)25-11-9-13-27(6,14-10-12-26-21(24)8-2)22-18(4)15-17(3)16-19(22)5/h7-8,15-16H,1-2,9-14H2,3-6H3. The minimum atomic E-state index is -1.84. The molecule has 0 fully saturated rings. The molecule has 0 bridgehead atoms. The van der Waals surface area contributed by atoms with E-state index in [0.29, 0.717) is 13.2 Å². The van der Waals surface area contributed by atoms with Gasteiger partial charge in [0, 0.05) is 12.2 Å². The lowest BCUT2D eigenvalue weighted by Crippen LogP contribution is -2.47. The lowest BCUT2D eigenvalue weighted by molar-refractivity contribution is -0.138. The maximum atomic E-state index is 11.3. The molecule has 5 heteroatoms. The van der Waals surface area contributed by atoms with Gasteiger partial charge in [0.05, 0.1) is 21.3 Å². The highest BCUT2D eigenvalue weighted by molar-refractivity contribution is 6.91. The SMILES string of the molecule is C=CC(=O)OCCC[Si](C)(CCCOC(=O)C=C)c1c(C)cc(C)cc1C. The quantitative estimate of drug-likeness (QED) is 0.247. The Morgan fingerprint density at radius 1 is 0.926 bits per heavy atom. The van der Waals surface area contributed by atoms with Crippen LogP contribution in [0.3, 0.4) is 0 Å². The normalized spacial score (nSPS) is 11.0. The molecule has 0 N–H and O–H groups in total. The minimum absolute atomic E-state index is 0.377. The Balaban J connectivity index is 2.91. The van der Waals surface area contributed by atoms with Crippen LogP contribution in [0.4, 0.5) is 0 Å². The average molecular weight is 389 g/mol. The maximum Gasteiger partial charge on any atom is 0.330 e. The van der Waals surface area contributed by atoms with Gasteiger partial charge in [0.2, 0.25) is 0 Å². The van der Waals surface area contributed by atoms with Crippen LogP contribution in [0.5, 0.6) is 0 Å². The summed E-state index contributed by atoms with van der Waals surface area (Å²) >= 11 is 0. The Kier molecular flexibility index (Phi) is 9.22. The van der Waals surface area contributed by atoms with Crippen molar-refractivity contribution >= 4 is 25.2 Å². The lowest BCUT2D eigenvalue weighted by Gasteiger charge is -2.32. The van der Waals surface area contributed by atoms with Crippen molar-refractivity contribution in [1.29, 1.82) is 0 Å². The molecule has 0 aromatic heterocycles. The van der Waals surface area contributed by atoms with E-state index in [0.717, 1.165) is 24.9 Å². The summed E-state index contributed by atoms with van der Waals surface area (Å²) in [6, 6.07) is 6.50. The van der Waals surface area contributed by atoms with E-state index < -0.39 is 8.07 Å². The molecule has 0 saturated carbocycles. The molecule has 0 heterocycles. The van der Waals surface area contributed by atoms with Gasteiger partial charge >= 0.3 is 11.9 Å². The smallest absolute Gasteiger partial charge is 0.330 e. The zero-order chi connectivity index (χ0) is 20.4. The summed E-state index contributed by atoms with van der Waals surface area (Å²) in [5.41, 5.74) is 3.92. The van der Waals surface area contributed by atoms with Crippen LogP contribution in [-0.4, -0.2) is 33.2 Å². The molecule has 0 aliphatic heterocycles. The number of rotatable bonds is 11. The van der Waals surface area contributed by atoms with Crippen molar-refractivity contribution in [3.05, 3.63) is 54.1 Å². The Morgan fingerprint density at radius 2 is 1.33 bits per heavy atom. The fourth-order valence-corrected chi connectivity index (χ4v) is 8.54. The number of esters is 2. The summed E-state index contributed by atoms with van der Waals surface area (Å²) in [5.74, 6) is -0.755. The van der Waals surface area contributed by atoms with E-state index >= 15 is 0 Å². The number of benzene rings is 1. The van der Waals surface area contributed by atoms with Crippen LogP contribution in [-0.2, 0) is 19.1 Å². The van der Waals surface area contributed by atoms with Gasteiger partial charge in [0.15, 0.2) is 0 Å². The summed E-state index contributed by atoms with van der Waals surface area (Å²) in [6.07, 6.45) is 4.03. The third-order valence-electron chi connectivity index (χ3n) is 4.85. The van der Waals surface area contributed by atoms with Crippen molar-refractivity contribution in [2.75, 3.05) is 13.2 Å². The van der Waals surface area contributed by atoms with Crippen LogP contribution in [0.15, 0.2) is 37.4 Å². The van der Waals surface area contributed by atoms with Crippen molar-refractivity contribution in [2.24, 2.45) is 0 Å². The molecule has 0 radical (unpaired) electrons. The van der Waals surface area contributed by atoms with E-state index in [1.54, 1.807) is 0 Å². The number of hydrogen-bond acceptors (Lipinski definition) is 4. The van der Waals surface area contributed by atoms with Crippen molar-refractivity contribution in [2.45, 2.75) is 52.2 Å². The highest BCUT2D eigenvalue weighted by Gasteiger charge is 2.31. The summed E-state index contributed by atoms with van der Waals surface area (Å²) in [7, 11) is -1.84. The third kappa shape index (κ3) is 7.17. The van der Waals surface area contributed by atoms with Crippen molar-refractivity contribution in [1.82, 2.24) is 0 Å². The zero-order valence-electron chi connectivity index (χ0n) is 17.1. The number of aryl methyl sites for hydroxylation is 3. The fourth-order valence-electron chi connectivity index (χ4n) is 3.90. The van der Waals surface area contributed by atoms with Gasteiger partial charge < -0.3 is 9.47 Å². The van der Waals surface area contributed by atoms with E-state index in [4.69, 9.17) is 9.47 Å².